The molecule has 1 saturated carbocycles. The highest BCUT2D eigenvalue weighted by Crippen LogP contribution is 2.32. The van der Waals surface area contributed by atoms with E-state index >= 15 is 0 Å². The maximum absolute atomic E-state index is 12.5. The first-order chi connectivity index (χ1) is 12.3. The lowest BCUT2D eigenvalue weighted by Crippen LogP contribution is -2.51. The number of amides is 1. The molecule has 142 valence electrons. The molecule has 1 heterocycles. The molecule has 1 aliphatic heterocycles. The van der Waals surface area contributed by atoms with Crippen LogP contribution in [-0.2, 0) is 14.6 Å². The van der Waals surface area contributed by atoms with Crippen LogP contribution in [0.4, 0.5) is 11.4 Å². The number of piperazine rings is 1. The summed E-state index contributed by atoms with van der Waals surface area (Å²) in [7, 11) is -3.54. The van der Waals surface area contributed by atoms with Gasteiger partial charge in [-0.1, -0.05) is 12.8 Å². The molecule has 0 atom stereocenters. The lowest BCUT2D eigenvalue weighted by molar-refractivity contribution is -0.384. The average molecular weight is 381 g/mol. The first kappa shape index (κ1) is 18.6. The van der Waals surface area contributed by atoms with Gasteiger partial charge in [-0.25, -0.2) is 8.42 Å². The van der Waals surface area contributed by atoms with Gasteiger partial charge in [0.25, 0.3) is 5.69 Å². The molecule has 0 aromatic heterocycles. The zero-order valence-electron chi connectivity index (χ0n) is 14.8. The Morgan fingerprint density at radius 2 is 1.92 bits per heavy atom. The molecule has 0 unspecified atom stereocenters. The van der Waals surface area contributed by atoms with Crippen LogP contribution in [-0.4, -0.2) is 56.6 Å². The number of carbonyl (C=O) groups is 1. The van der Waals surface area contributed by atoms with Crippen molar-refractivity contribution >= 4 is 27.1 Å². The van der Waals surface area contributed by atoms with Gasteiger partial charge in [-0.2, -0.15) is 0 Å². The van der Waals surface area contributed by atoms with Crippen molar-refractivity contribution in [2.45, 2.75) is 30.6 Å². The number of benzene rings is 1. The Labute approximate surface area is 152 Å². The van der Waals surface area contributed by atoms with Gasteiger partial charge in [0.1, 0.15) is 5.69 Å². The van der Waals surface area contributed by atoms with Gasteiger partial charge >= 0.3 is 0 Å². The minimum absolute atomic E-state index is 0.0374. The highest BCUT2D eigenvalue weighted by molar-refractivity contribution is 7.90. The Balaban J connectivity index is 1.77. The summed E-state index contributed by atoms with van der Waals surface area (Å²) in [5, 5.41) is 11.4. The number of anilines is 1. The van der Waals surface area contributed by atoms with E-state index in [4.69, 9.17) is 0 Å². The lowest BCUT2D eigenvalue weighted by atomic mass is 10.1. The van der Waals surface area contributed by atoms with Crippen molar-refractivity contribution in [2.24, 2.45) is 5.92 Å². The van der Waals surface area contributed by atoms with Gasteiger partial charge in [-0.15, -0.1) is 0 Å². The summed E-state index contributed by atoms with van der Waals surface area (Å²) in [4.78, 5) is 26.7. The van der Waals surface area contributed by atoms with Crippen LogP contribution in [0.2, 0.25) is 0 Å². The van der Waals surface area contributed by atoms with Crippen molar-refractivity contribution in [2.75, 3.05) is 37.3 Å². The predicted molar refractivity (Wildman–Crippen MR) is 97.0 cm³/mol. The summed E-state index contributed by atoms with van der Waals surface area (Å²) in [6, 6.07) is 3.85. The van der Waals surface area contributed by atoms with E-state index in [1.54, 1.807) is 4.90 Å². The van der Waals surface area contributed by atoms with E-state index in [1.165, 1.54) is 25.0 Å². The van der Waals surface area contributed by atoms with E-state index in [0.29, 0.717) is 19.0 Å². The average Bonchev–Trinajstić information content (AvgIpc) is 3.08. The summed E-state index contributed by atoms with van der Waals surface area (Å²) in [6.07, 6.45) is 5.77. The molecule has 0 bridgehead atoms. The van der Waals surface area contributed by atoms with Crippen molar-refractivity contribution in [1.82, 2.24) is 4.90 Å². The van der Waals surface area contributed by atoms with Gasteiger partial charge < -0.3 is 9.80 Å². The summed E-state index contributed by atoms with van der Waals surface area (Å²) in [5.41, 5.74) is 0.00114. The third kappa shape index (κ3) is 3.98. The number of sulfone groups is 1. The van der Waals surface area contributed by atoms with Crippen molar-refractivity contribution < 1.29 is 18.1 Å². The molecule has 0 N–H and O–H groups in total. The second-order valence-corrected chi connectivity index (χ2v) is 9.11. The van der Waals surface area contributed by atoms with E-state index in [1.807, 2.05) is 4.90 Å². The highest BCUT2D eigenvalue weighted by Gasteiger charge is 2.30. The SMILES string of the molecule is CS(=O)(=O)c1ccc(N2CCN(CC3CCCC3)C(=O)C2)c([N+](=O)[O-])c1. The minimum Gasteiger partial charge on any atom is -0.355 e. The predicted octanol–water partition coefficient (Wildman–Crippen LogP) is 1.84. The van der Waals surface area contributed by atoms with Gasteiger partial charge in [0, 0.05) is 32.0 Å². The van der Waals surface area contributed by atoms with E-state index in [9.17, 15) is 23.3 Å². The molecule has 0 radical (unpaired) electrons. The van der Waals surface area contributed by atoms with E-state index in [2.05, 4.69) is 0 Å². The van der Waals surface area contributed by atoms with Crippen LogP contribution < -0.4 is 4.90 Å². The minimum atomic E-state index is -3.54. The molecular weight excluding hydrogens is 358 g/mol. The van der Waals surface area contributed by atoms with E-state index < -0.39 is 14.8 Å². The molecule has 3 rings (SSSR count). The number of rotatable bonds is 5. The van der Waals surface area contributed by atoms with Crippen molar-refractivity contribution in [3.05, 3.63) is 28.3 Å². The molecule has 0 spiro atoms. The fourth-order valence-corrected chi connectivity index (χ4v) is 4.40. The smallest absolute Gasteiger partial charge is 0.293 e. The second-order valence-electron chi connectivity index (χ2n) is 7.09. The molecule has 1 saturated heterocycles. The van der Waals surface area contributed by atoms with Gasteiger partial charge in [0.2, 0.25) is 5.91 Å². The topological polar surface area (TPSA) is 101 Å². The van der Waals surface area contributed by atoms with Crippen LogP contribution in [0.25, 0.3) is 0 Å². The molecule has 1 aromatic rings. The second kappa shape index (κ2) is 7.22. The van der Waals surface area contributed by atoms with Gasteiger partial charge in [0.05, 0.1) is 16.4 Å². The summed E-state index contributed by atoms with van der Waals surface area (Å²) in [6.45, 7) is 1.87. The van der Waals surface area contributed by atoms with Gasteiger partial charge in [-0.05, 0) is 30.9 Å². The van der Waals surface area contributed by atoms with Crippen LogP contribution in [0.15, 0.2) is 23.1 Å². The van der Waals surface area contributed by atoms with Gasteiger partial charge in [-0.3, -0.25) is 14.9 Å². The largest absolute Gasteiger partial charge is 0.355 e. The van der Waals surface area contributed by atoms with Crippen molar-refractivity contribution in [1.29, 1.82) is 0 Å². The molecule has 1 aliphatic carbocycles. The summed E-state index contributed by atoms with van der Waals surface area (Å²) in [5.74, 6) is 0.526. The van der Waals surface area contributed by atoms with E-state index in [-0.39, 0.29) is 28.7 Å². The maximum Gasteiger partial charge on any atom is 0.293 e. The zero-order valence-corrected chi connectivity index (χ0v) is 15.6. The Hall–Kier alpha value is -2.16. The fourth-order valence-electron chi connectivity index (χ4n) is 3.76. The molecule has 1 amide bonds. The van der Waals surface area contributed by atoms with E-state index in [0.717, 1.165) is 31.7 Å². The first-order valence-electron chi connectivity index (χ1n) is 8.77. The number of nitro benzene ring substituents is 1. The molecule has 1 aromatic carbocycles. The third-order valence-electron chi connectivity index (χ3n) is 5.18. The lowest BCUT2D eigenvalue weighted by Gasteiger charge is -2.36. The van der Waals surface area contributed by atoms with Crippen molar-refractivity contribution in [3.8, 4) is 0 Å². The number of nitro groups is 1. The van der Waals surface area contributed by atoms with Crippen LogP contribution >= 0.6 is 0 Å². The number of hydrogen-bond donors (Lipinski definition) is 0. The molecule has 2 aliphatic rings. The van der Waals surface area contributed by atoms with Gasteiger partial charge in [0.15, 0.2) is 9.84 Å². The Kier molecular flexibility index (Phi) is 5.17. The Morgan fingerprint density at radius 1 is 1.23 bits per heavy atom. The van der Waals surface area contributed by atoms with Crippen LogP contribution in [0.5, 0.6) is 0 Å². The summed E-state index contributed by atoms with van der Waals surface area (Å²) < 4.78 is 23.3. The Morgan fingerprint density at radius 3 is 2.50 bits per heavy atom. The Bertz CT molecular complexity index is 818. The first-order valence-corrected chi connectivity index (χ1v) is 10.7. The molecule has 2 fully saturated rings. The van der Waals surface area contributed by atoms with Crippen LogP contribution in [0.3, 0.4) is 0 Å². The third-order valence-corrected chi connectivity index (χ3v) is 6.29. The quantitative estimate of drug-likeness (QED) is 0.570. The molecular formula is C17H23N3O5S. The maximum atomic E-state index is 12.5. The standard InChI is InChI=1S/C17H23N3O5S/c1-26(24,25)14-6-7-15(16(10-14)20(22)23)18-8-9-19(17(21)12-18)11-13-4-2-3-5-13/h6-7,10,13H,2-5,8-9,11-12H2,1H3. The zero-order chi connectivity index (χ0) is 18.9. The number of hydrogen-bond acceptors (Lipinski definition) is 6. The van der Waals surface area contributed by atoms with Crippen molar-refractivity contribution in [3.63, 3.8) is 0 Å². The molecule has 26 heavy (non-hydrogen) atoms. The number of nitrogens with zero attached hydrogens (tertiary/aromatic N) is 3. The number of carbonyl (C=O) groups excluding carboxylic acids is 1. The van der Waals surface area contributed by atoms with Crippen LogP contribution in [0.1, 0.15) is 25.7 Å². The molecule has 9 heteroatoms. The monoisotopic (exact) mass is 381 g/mol. The normalized spacial score (nSPS) is 19.2. The summed E-state index contributed by atoms with van der Waals surface area (Å²) >= 11 is 0. The highest BCUT2D eigenvalue weighted by atomic mass is 32.2. The fraction of sp³-hybridized carbons (Fsp3) is 0.588. The van der Waals surface area contributed by atoms with Crippen LogP contribution in [0, 0.1) is 16.0 Å². The molecule has 8 nitrogen and oxygen atoms in total.